The number of hydrogen-bond acceptors (Lipinski definition) is 5. The number of carbonyl (C=O) groups excluding carboxylic acids is 2. The molecule has 1 fully saturated rings. The van der Waals surface area contributed by atoms with Gasteiger partial charge in [0, 0.05) is 12.4 Å². The van der Waals surface area contributed by atoms with Crippen molar-refractivity contribution in [2.45, 2.75) is 6.92 Å². The van der Waals surface area contributed by atoms with Crippen LogP contribution >= 0.6 is 35.6 Å². The molecule has 0 unspecified atom stereocenters. The van der Waals surface area contributed by atoms with Crippen molar-refractivity contribution in [3.63, 3.8) is 0 Å². The number of thiocarbonyl (C=S) groups is 1. The summed E-state index contributed by atoms with van der Waals surface area (Å²) in [7, 11) is 0. The number of hydrogen-bond donors (Lipinski definition) is 1. The van der Waals surface area contributed by atoms with Gasteiger partial charge in [-0.15, -0.1) is 0 Å². The fraction of sp³-hybridized carbons (Fsp3) is 0.0588. The van der Waals surface area contributed by atoms with Crippen LogP contribution in [0.4, 0.5) is 0 Å². The van der Waals surface area contributed by atoms with Crippen LogP contribution < -0.4 is 5.43 Å². The Labute approximate surface area is 159 Å². The molecular formula is C17H12ClN3O2S2. The summed E-state index contributed by atoms with van der Waals surface area (Å²) in [6.45, 7) is 1.87. The van der Waals surface area contributed by atoms with E-state index in [1.165, 1.54) is 0 Å². The number of halogens is 1. The van der Waals surface area contributed by atoms with Crippen molar-refractivity contribution in [3.8, 4) is 0 Å². The van der Waals surface area contributed by atoms with Crippen LogP contribution in [0.5, 0.6) is 0 Å². The molecule has 0 spiro atoms. The summed E-state index contributed by atoms with van der Waals surface area (Å²) in [5.74, 6) is -0.880. The number of nitrogens with zero attached hydrogens (tertiary/aromatic N) is 2. The topological polar surface area (TPSA) is 62.3 Å². The van der Waals surface area contributed by atoms with E-state index in [0.29, 0.717) is 9.93 Å². The first kappa shape index (κ1) is 17.6. The van der Waals surface area contributed by atoms with Gasteiger partial charge in [0.2, 0.25) is 0 Å². The first-order chi connectivity index (χ1) is 12.0. The van der Waals surface area contributed by atoms with Crippen molar-refractivity contribution in [1.29, 1.82) is 0 Å². The van der Waals surface area contributed by atoms with Crippen LogP contribution in [0.2, 0.25) is 5.02 Å². The quantitative estimate of drug-likeness (QED) is 0.642. The number of thioether (sulfide) groups is 1. The Morgan fingerprint density at radius 2 is 2.04 bits per heavy atom. The first-order valence-corrected chi connectivity index (χ1v) is 8.81. The molecule has 0 atom stereocenters. The number of hydrazine groups is 1. The normalized spacial score (nSPS) is 15.8. The van der Waals surface area contributed by atoms with E-state index in [-0.39, 0.29) is 15.8 Å². The summed E-state index contributed by atoms with van der Waals surface area (Å²) in [4.78, 5) is 29.3. The molecule has 1 saturated heterocycles. The third-order valence-corrected chi connectivity index (χ3v) is 5.00. The highest BCUT2D eigenvalue weighted by Gasteiger charge is 2.34. The predicted octanol–water partition coefficient (Wildman–Crippen LogP) is 3.59. The lowest BCUT2D eigenvalue weighted by molar-refractivity contribution is -0.123. The second kappa shape index (κ2) is 7.35. The fourth-order valence-corrected chi connectivity index (χ4v) is 3.64. The minimum atomic E-state index is -0.494. The molecule has 0 saturated carbocycles. The summed E-state index contributed by atoms with van der Waals surface area (Å²) in [5.41, 5.74) is 4.55. The highest BCUT2D eigenvalue weighted by Crippen LogP contribution is 2.31. The number of amides is 2. The molecule has 8 heteroatoms. The lowest BCUT2D eigenvalue weighted by Crippen LogP contribution is -2.44. The molecule has 2 aromatic rings. The SMILES string of the molecule is Cc1ccc(C(=O)NN2C(=O)/C(=C\c3ccncc3)SC2=S)c(Cl)c1. The zero-order valence-corrected chi connectivity index (χ0v) is 15.4. The van der Waals surface area contributed by atoms with E-state index in [4.69, 9.17) is 23.8 Å². The summed E-state index contributed by atoms with van der Waals surface area (Å²) in [6.07, 6.45) is 4.97. The van der Waals surface area contributed by atoms with E-state index in [2.05, 4.69) is 10.4 Å². The number of rotatable bonds is 3. The van der Waals surface area contributed by atoms with Crippen LogP contribution in [0.15, 0.2) is 47.6 Å². The van der Waals surface area contributed by atoms with Crippen LogP contribution in [0.3, 0.4) is 0 Å². The number of pyridine rings is 1. The van der Waals surface area contributed by atoms with E-state index in [0.717, 1.165) is 27.9 Å². The molecule has 1 aliphatic rings. The molecule has 2 amide bonds. The fourth-order valence-electron chi connectivity index (χ4n) is 2.14. The molecule has 5 nitrogen and oxygen atoms in total. The maximum atomic E-state index is 12.5. The van der Waals surface area contributed by atoms with Crippen molar-refractivity contribution in [2.24, 2.45) is 0 Å². The van der Waals surface area contributed by atoms with Crippen molar-refractivity contribution in [2.75, 3.05) is 0 Å². The van der Waals surface area contributed by atoms with Gasteiger partial charge in [0.1, 0.15) is 0 Å². The molecule has 2 heterocycles. The number of aromatic nitrogens is 1. The smallest absolute Gasteiger partial charge is 0.267 e. The van der Waals surface area contributed by atoms with Crippen LogP contribution in [-0.2, 0) is 4.79 Å². The Morgan fingerprint density at radius 3 is 2.72 bits per heavy atom. The summed E-state index contributed by atoms with van der Waals surface area (Å²) >= 11 is 12.4. The van der Waals surface area contributed by atoms with Crippen molar-refractivity contribution >= 4 is 57.8 Å². The molecule has 0 radical (unpaired) electrons. The molecule has 0 bridgehead atoms. The van der Waals surface area contributed by atoms with Gasteiger partial charge in [0.15, 0.2) is 4.32 Å². The van der Waals surface area contributed by atoms with Crippen molar-refractivity contribution < 1.29 is 9.59 Å². The third-order valence-electron chi connectivity index (χ3n) is 3.38. The molecule has 1 aliphatic heterocycles. The molecule has 126 valence electrons. The van der Waals surface area contributed by atoms with Crippen LogP contribution in [0.1, 0.15) is 21.5 Å². The Hall–Kier alpha value is -2.22. The molecule has 1 N–H and O–H groups in total. The monoisotopic (exact) mass is 389 g/mol. The summed E-state index contributed by atoms with van der Waals surface area (Å²) in [6, 6.07) is 8.62. The molecule has 1 aromatic carbocycles. The second-order valence-electron chi connectivity index (χ2n) is 5.22. The molecule has 25 heavy (non-hydrogen) atoms. The maximum absolute atomic E-state index is 12.5. The average Bonchev–Trinajstić information content (AvgIpc) is 2.83. The van der Waals surface area contributed by atoms with E-state index < -0.39 is 5.91 Å². The van der Waals surface area contributed by atoms with E-state index >= 15 is 0 Å². The minimum absolute atomic E-state index is 0.252. The van der Waals surface area contributed by atoms with Gasteiger partial charge >= 0.3 is 0 Å². The van der Waals surface area contributed by atoms with Crippen LogP contribution in [-0.4, -0.2) is 26.1 Å². The van der Waals surface area contributed by atoms with Gasteiger partial charge < -0.3 is 0 Å². The standard InChI is InChI=1S/C17H12ClN3O2S2/c1-10-2-3-12(13(18)8-10)15(22)20-21-16(23)14(25-17(21)24)9-11-4-6-19-7-5-11/h2-9H,1H3,(H,20,22)/b14-9+. The van der Waals surface area contributed by atoms with E-state index in [1.807, 2.05) is 6.92 Å². The zero-order chi connectivity index (χ0) is 18.0. The first-order valence-electron chi connectivity index (χ1n) is 7.21. The Kier molecular flexibility index (Phi) is 5.17. The summed E-state index contributed by atoms with van der Waals surface area (Å²) in [5, 5.41) is 1.38. The van der Waals surface area contributed by atoms with Crippen molar-refractivity contribution in [3.05, 3.63) is 69.3 Å². The highest BCUT2D eigenvalue weighted by molar-refractivity contribution is 8.26. The van der Waals surface area contributed by atoms with Gasteiger partial charge in [-0.2, -0.15) is 5.01 Å². The van der Waals surface area contributed by atoms with Gasteiger partial charge in [-0.3, -0.25) is 20.0 Å². The predicted molar refractivity (Wildman–Crippen MR) is 103 cm³/mol. The lowest BCUT2D eigenvalue weighted by Gasteiger charge is -2.16. The highest BCUT2D eigenvalue weighted by atomic mass is 35.5. The molecule has 3 rings (SSSR count). The van der Waals surface area contributed by atoms with Gasteiger partial charge in [0.05, 0.1) is 15.5 Å². The molecular weight excluding hydrogens is 378 g/mol. The Balaban J connectivity index is 1.79. The molecule has 1 aromatic heterocycles. The second-order valence-corrected chi connectivity index (χ2v) is 7.30. The zero-order valence-electron chi connectivity index (χ0n) is 13.0. The van der Waals surface area contributed by atoms with Crippen LogP contribution in [0, 0.1) is 6.92 Å². The molecule has 0 aliphatic carbocycles. The summed E-state index contributed by atoms with van der Waals surface area (Å²) < 4.78 is 0.252. The Morgan fingerprint density at radius 1 is 1.32 bits per heavy atom. The van der Waals surface area contributed by atoms with Gasteiger partial charge in [-0.1, -0.05) is 29.4 Å². The third kappa shape index (κ3) is 3.89. The van der Waals surface area contributed by atoms with E-state index in [9.17, 15) is 9.59 Å². The largest absolute Gasteiger partial charge is 0.285 e. The minimum Gasteiger partial charge on any atom is -0.267 e. The van der Waals surface area contributed by atoms with Crippen LogP contribution in [0.25, 0.3) is 6.08 Å². The van der Waals surface area contributed by atoms with Crippen molar-refractivity contribution in [1.82, 2.24) is 15.4 Å². The van der Waals surface area contributed by atoms with E-state index in [1.54, 1.807) is 48.8 Å². The number of aryl methyl sites for hydroxylation is 1. The number of nitrogens with one attached hydrogen (secondary N) is 1. The van der Waals surface area contributed by atoms with Gasteiger partial charge in [-0.25, -0.2) is 0 Å². The maximum Gasteiger partial charge on any atom is 0.285 e. The number of carbonyl (C=O) groups is 2. The Bertz CT molecular complexity index is 900. The number of benzene rings is 1. The lowest BCUT2D eigenvalue weighted by atomic mass is 10.1. The van der Waals surface area contributed by atoms with Gasteiger partial charge in [0.25, 0.3) is 11.8 Å². The van der Waals surface area contributed by atoms with Gasteiger partial charge in [-0.05, 0) is 60.6 Å². The average molecular weight is 390 g/mol.